The van der Waals surface area contributed by atoms with Gasteiger partial charge in [0.25, 0.3) is 5.91 Å². The van der Waals surface area contributed by atoms with Gasteiger partial charge in [0.2, 0.25) is 0 Å². The first-order valence-electron chi connectivity index (χ1n) is 4.61. The minimum absolute atomic E-state index is 0.0256. The van der Waals surface area contributed by atoms with E-state index < -0.39 is 0 Å². The van der Waals surface area contributed by atoms with E-state index in [-0.39, 0.29) is 5.91 Å². The maximum Gasteiger partial charge on any atom is 0.253 e. The summed E-state index contributed by atoms with van der Waals surface area (Å²) in [6.45, 7) is 0.538. The zero-order valence-electron chi connectivity index (χ0n) is 7.75. The van der Waals surface area contributed by atoms with E-state index >= 15 is 0 Å². The van der Waals surface area contributed by atoms with E-state index in [0.29, 0.717) is 12.1 Å². The molecular formula is C11H7BrN2O. The normalized spacial score (nSPS) is 14.1. The van der Waals surface area contributed by atoms with E-state index in [1.165, 1.54) is 0 Å². The van der Waals surface area contributed by atoms with Crippen LogP contribution in [0.15, 0.2) is 28.7 Å². The molecule has 0 unspecified atom stereocenters. The van der Waals surface area contributed by atoms with E-state index in [9.17, 15) is 4.79 Å². The van der Waals surface area contributed by atoms with Gasteiger partial charge < -0.3 is 5.32 Å². The van der Waals surface area contributed by atoms with Gasteiger partial charge in [-0.1, -0.05) is 22.0 Å². The molecule has 1 N–H and O–H groups in total. The number of carbonyl (C=O) groups excluding carboxylic acids is 1. The second kappa shape index (κ2) is 3.03. The number of aromatic nitrogens is 1. The van der Waals surface area contributed by atoms with Crippen LogP contribution in [0.1, 0.15) is 16.1 Å². The maximum atomic E-state index is 11.4. The summed E-state index contributed by atoms with van der Waals surface area (Å²) in [5.41, 5.74) is 2.45. The molecule has 1 aliphatic rings. The van der Waals surface area contributed by atoms with Crippen LogP contribution in [0.5, 0.6) is 0 Å². The third-order valence-electron chi connectivity index (χ3n) is 2.52. The van der Waals surface area contributed by atoms with Crippen molar-refractivity contribution in [1.82, 2.24) is 10.3 Å². The van der Waals surface area contributed by atoms with Crippen LogP contribution in [0, 0.1) is 0 Å². The van der Waals surface area contributed by atoms with Gasteiger partial charge in [-0.15, -0.1) is 0 Å². The Morgan fingerprint density at radius 1 is 1.33 bits per heavy atom. The second-order valence-electron chi connectivity index (χ2n) is 3.50. The average Bonchev–Trinajstić information content (AvgIpc) is 2.57. The van der Waals surface area contributed by atoms with Gasteiger partial charge in [0, 0.05) is 9.86 Å². The van der Waals surface area contributed by atoms with Crippen LogP contribution < -0.4 is 5.32 Å². The van der Waals surface area contributed by atoms with Crippen LogP contribution >= 0.6 is 15.9 Å². The second-order valence-corrected chi connectivity index (χ2v) is 4.42. The zero-order chi connectivity index (χ0) is 10.4. The lowest BCUT2D eigenvalue weighted by atomic mass is 10.1. The van der Waals surface area contributed by atoms with E-state index in [1.54, 1.807) is 0 Å². The predicted molar refractivity (Wildman–Crippen MR) is 60.6 cm³/mol. The number of benzene rings is 1. The quantitative estimate of drug-likeness (QED) is 0.792. The lowest BCUT2D eigenvalue weighted by Crippen LogP contribution is -2.12. The van der Waals surface area contributed by atoms with E-state index in [2.05, 4.69) is 26.2 Å². The Bertz CT molecular complexity index is 580. The number of hydrogen-bond donors (Lipinski definition) is 1. The highest BCUT2D eigenvalue weighted by Gasteiger charge is 2.20. The third kappa shape index (κ3) is 1.33. The SMILES string of the molecule is O=C1NCc2nc3cc(Br)ccc3cc21. The molecule has 0 saturated carbocycles. The molecule has 2 aromatic rings. The molecule has 1 aromatic carbocycles. The highest BCUT2D eigenvalue weighted by molar-refractivity contribution is 9.10. The Labute approximate surface area is 94.6 Å². The Morgan fingerprint density at radius 3 is 3.07 bits per heavy atom. The first-order valence-corrected chi connectivity index (χ1v) is 5.41. The first-order chi connectivity index (χ1) is 7.24. The number of carbonyl (C=O) groups is 1. The zero-order valence-corrected chi connectivity index (χ0v) is 9.34. The number of hydrogen-bond acceptors (Lipinski definition) is 2. The molecule has 74 valence electrons. The van der Waals surface area contributed by atoms with E-state index in [4.69, 9.17) is 0 Å². The summed E-state index contributed by atoms with van der Waals surface area (Å²) in [5.74, 6) is -0.0256. The van der Waals surface area contributed by atoms with Crippen molar-refractivity contribution < 1.29 is 4.79 Å². The molecule has 0 saturated heterocycles. The monoisotopic (exact) mass is 262 g/mol. The minimum Gasteiger partial charge on any atom is -0.346 e. The largest absolute Gasteiger partial charge is 0.346 e. The number of nitrogens with one attached hydrogen (secondary N) is 1. The summed E-state index contributed by atoms with van der Waals surface area (Å²) in [4.78, 5) is 15.9. The molecule has 3 nitrogen and oxygen atoms in total. The predicted octanol–water partition coefficient (Wildman–Crippen LogP) is 2.24. The summed E-state index contributed by atoms with van der Waals surface area (Å²) in [6, 6.07) is 7.76. The molecule has 0 aliphatic carbocycles. The fourth-order valence-electron chi connectivity index (χ4n) is 1.77. The van der Waals surface area contributed by atoms with Crippen molar-refractivity contribution in [3.63, 3.8) is 0 Å². The first kappa shape index (κ1) is 8.85. The van der Waals surface area contributed by atoms with Gasteiger partial charge in [0.1, 0.15) is 0 Å². The van der Waals surface area contributed by atoms with Crippen molar-refractivity contribution in [1.29, 1.82) is 0 Å². The molecule has 1 amide bonds. The summed E-state index contributed by atoms with van der Waals surface area (Å²) in [7, 11) is 0. The van der Waals surface area contributed by atoms with Gasteiger partial charge in [0.05, 0.1) is 23.3 Å². The van der Waals surface area contributed by atoms with Gasteiger partial charge in [-0.3, -0.25) is 9.78 Å². The lowest BCUT2D eigenvalue weighted by molar-refractivity contribution is 0.0966. The third-order valence-corrected chi connectivity index (χ3v) is 3.01. The molecule has 0 spiro atoms. The maximum absolute atomic E-state index is 11.4. The molecule has 2 heterocycles. The average molecular weight is 263 g/mol. The van der Waals surface area contributed by atoms with Crippen molar-refractivity contribution in [2.45, 2.75) is 6.54 Å². The van der Waals surface area contributed by atoms with Crippen LogP contribution in [-0.4, -0.2) is 10.9 Å². The summed E-state index contributed by atoms with van der Waals surface area (Å²) in [6.07, 6.45) is 0. The number of halogens is 1. The van der Waals surface area contributed by atoms with Gasteiger partial charge >= 0.3 is 0 Å². The Morgan fingerprint density at radius 2 is 2.20 bits per heavy atom. The Balaban J connectivity index is 2.35. The molecule has 0 radical (unpaired) electrons. The number of amides is 1. The lowest BCUT2D eigenvalue weighted by Gasteiger charge is -2.00. The summed E-state index contributed by atoms with van der Waals surface area (Å²) >= 11 is 3.40. The van der Waals surface area contributed by atoms with Crippen LogP contribution in [-0.2, 0) is 6.54 Å². The molecule has 0 atom stereocenters. The highest BCUT2D eigenvalue weighted by Crippen LogP contribution is 2.23. The fraction of sp³-hybridized carbons (Fsp3) is 0.0909. The van der Waals surface area contributed by atoms with Gasteiger partial charge in [0.15, 0.2) is 0 Å². The van der Waals surface area contributed by atoms with Crippen LogP contribution in [0.4, 0.5) is 0 Å². The molecule has 3 rings (SSSR count). The van der Waals surface area contributed by atoms with E-state index in [1.807, 2.05) is 24.3 Å². The molecule has 1 aliphatic heterocycles. The fourth-order valence-corrected chi connectivity index (χ4v) is 2.12. The smallest absolute Gasteiger partial charge is 0.253 e. The van der Waals surface area contributed by atoms with Crippen molar-refractivity contribution in [3.8, 4) is 0 Å². The van der Waals surface area contributed by atoms with Crippen molar-refractivity contribution in [2.75, 3.05) is 0 Å². The van der Waals surface area contributed by atoms with Crippen molar-refractivity contribution in [3.05, 3.63) is 40.0 Å². The van der Waals surface area contributed by atoms with Gasteiger partial charge in [-0.25, -0.2) is 0 Å². The van der Waals surface area contributed by atoms with Gasteiger partial charge in [-0.2, -0.15) is 0 Å². The number of nitrogens with zero attached hydrogens (tertiary/aromatic N) is 1. The molecular weight excluding hydrogens is 256 g/mol. The summed E-state index contributed by atoms with van der Waals surface area (Å²) in [5, 5.41) is 3.76. The van der Waals surface area contributed by atoms with Gasteiger partial charge in [-0.05, 0) is 18.2 Å². The Hall–Kier alpha value is -1.42. The Kier molecular flexibility index (Phi) is 1.79. The molecule has 0 fully saturated rings. The van der Waals surface area contributed by atoms with Crippen LogP contribution in [0.25, 0.3) is 10.9 Å². The highest BCUT2D eigenvalue weighted by atomic mass is 79.9. The molecule has 1 aromatic heterocycles. The van der Waals surface area contributed by atoms with Crippen LogP contribution in [0.2, 0.25) is 0 Å². The minimum atomic E-state index is -0.0256. The molecule has 15 heavy (non-hydrogen) atoms. The number of fused-ring (bicyclic) bond motifs is 2. The number of rotatable bonds is 0. The van der Waals surface area contributed by atoms with E-state index in [0.717, 1.165) is 21.1 Å². The van der Waals surface area contributed by atoms with Crippen molar-refractivity contribution >= 4 is 32.7 Å². The van der Waals surface area contributed by atoms with Crippen molar-refractivity contribution in [2.24, 2.45) is 0 Å². The molecule has 0 bridgehead atoms. The van der Waals surface area contributed by atoms with Crippen LogP contribution in [0.3, 0.4) is 0 Å². The topological polar surface area (TPSA) is 42.0 Å². The number of pyridine rings is 1. The standard InChI is InChI=1S/C11H7BrN2O/c12-7-2-1-6-3-8-10(5-13-11(8)15)14-9(6)4-7/h1-4H,5H2,(H,13,15). The molecule has 4 heteroatoms. The summed E-state index contributed by atoms with van der Waals surface area (Å²) < 4.78 is 1.000.